The molecule has 1 aromatic carbocycles. The lowest BCUT2D eigenvalue weighted by Gasteiger charge is -1.97. The summed E-state index contributed by atoms with van der Waals surface area (Å²) in [6.07, 6.45) is 0.345. The highest BCUT2D eigenvalue weighted by Gasteiger charge is 2.07. The van der Waals surface area contributed by atoms with Gasteiger partial charge in [-0.05, 0) is 29.8 Å². The zero-order valence-corrected chi connectivity index (χ0v) is 11.7. The number of hydrogen-bond donors (Lipinski definition) is 0. The molecule has 0 N–H and O–H groups in total. The van der Waals surface area contributed by atoms with E-state index in [1.807, 2.05) is 24.3 Å². The van der Waals surface area contributed by atoms with Gasteiger partial charge in [0.2, 0.25) is 0 Å². The lowest BCUT2D eigenvalue weighted by atomic mass is 10.2. The zero-order valence-electron chi connectivity index (χ0n) is 9.27. The van der Waals surface area contributed by atoms with Gasteiger partial charge >= 0.3 is 5.97 Å². The van der Waals surface area contributed by atoms with E-state index in [-0.39, 0.29) is 5.97 Å². The summed E-state index contributed by atoms with van der Waals surface area (Å²) >= 11 is 5.03. The molecule has 2 rings (SSSR count). The molecular weight excluding hydrogens is 300 g/mol. The zero-order chi connectivity index (χ0) is 12.3. The van der Waals surface area contributed by atoms with Gasteiger partial charge in [0.15, 0.2) is 0 Å². The van der Waals surface area contributed by atoms with Crippen molar-refractivity contribution in [1.82, 2.24) is 0 Å². The van der Waals surface area contributed by atoms with Crippen LogP contribution in [0.25, 0.3) is 10.4 Å². The lowest BCUT2D eigenvalue weighted by Crippen LogP contribution is -2.02. The molecule has 2 aromatic rings. The van der Waals surface area contributed by atoms with E-state index in [4.69, 9.17) is 0 Å². The summed E-state index contributed by atoms with van der Waals surface area (Å²) in [6, 6.07) is 12.1. The first-order valence-electron chi connectivity index (χ1n) is 5.10. The van der Waals surface area contributed by atoms with Gasteiger partial charge in [0.05, 0.1) is 13.5 Å². The van der Waals surface area contributed by atoms with Gasteiger partial charge < -0.3 is 4.74 Å². The molecule has 0 radical (unpaired) electrons. The van der Waals surface area contributed by atoms with Crippen molar-refractivity contribution in [3.63, 3.8) is 0 Å². The molecule has 17 heavy (non-hydrogen) atoms. The molecule has 0 saturated carbocycles. The van der Waals surface area contributed by atoms with Gasteiger partial charge in [-0.25, -0.2) is 0 Å². The van der Waals surface area contributed by atoms with E-state index in [1.54, 1.807) is 11.3 Å². The van der Waals surface area contributed by atoms with Crippen molar-refractivity contribution in [2.75, 3.05) is 7.11 Å². The summed E-state index contributed by atoms with van der Waals surface area (Å²) in [5.41, 5.74) is 1.16. The predicted molar refractivity (Wildman–Crippen MR) is 73.2 cm³/mol. The van der Waals surface area contributed by atoms with Crippen LogP contribution in [-0.4, -0.2) is 13.1 Å². The Morgan fingerprint density at radius 3 is 2.59 bits per heavy atom. The molecule has 0 amide bonds. The molecule has 2 nitrogen and oxygen atoms in total. The highest BCUT2D eigenvalue weighted by Crippen LogP contribution is 2.29. The number of rotatable bonds is 3. The Bertz CT molecular complexity index is 516. The second-order valence-electron chi connectivity index (χ2n) is 3.53. The molecule has 0 unspecified atom stereocenters. The van der Waals surface area contributed by atoms with Crippen molar-refractivity contribution in [1.29, 1.82) is 0 Å². The average Bonchev–Trinajstić information content (AvgIpc) is 2.78. The van der Waals surface area contributed by atoms with Crippen LogP contribution < -0.4 is 0 Å². The molecule has 0 spiro atoms. The van der Waals surface area contributed by atoms with Gasteiger partial charge in [0.25, 0.3) is 0 Å². The average molecular weight is 311 g/mol. The third-order valence-electron chi connectivity index (χ3n) is 2.34. The third-order valence-corrected chi connectivity index (χ3v) is 4.00. The number of halogens is 1. The number of ether oxygens (including phenoxy) is 1. The summed E-state index contributed by atoms with van der Waals surface area (Å²) in [6.45, 7) is 0. The lowest BCUT2D eigenvalue weighted by molar-refractivity contribution is -0.139. The van der Waals surface area contributed by atoms with E-state index in [0.29, 0.717) is 6.42 Å². The van der Waals surface area contributed by atoms with Crippen LogP contribution in [0.2, 0.25) is 0 Å². The largest absolute Gasteiger partial charge is 0.469 e. The van der Waals surface area contributed by atoms with Crippen LogP contribution >= 0.6 is 27.3 Å². The van der Waals surface area contributed by atoms with E-state index in [9.17, 15) is 4.79 Å². The summed E-state index contributed by atoms with van der Waals surface area (Å²) in [7, 11) is 1.41. The number of carbonyl (C=O) groups is 1. The number of carbonyl (C=O) groups excluding carboxylic acids is 1. The normalized spacial score (nSPS) is 10.2. The Morgan fingerprint density at radius 2 is 1.94 bits per heavy atom. The van der Waals surface area contributed by atoms with Gasteiger partial charge in [-0.2, -0.15) is 0 Å². The molecular formula is C13H11BrO2S. The van der Waals surface area contributed by atoms with Crippen molar-refractivity contribution < 1.29 is 9.53 Å². The fraction of sp³-hybridized carbons (Fsp3) is 0.154. The van der Waals surface area contributed by atoms with Gasteiger partial charge in [0, 0.05) is 14.2 Å². The molecule has 88 valence electrons. The fourth-order valence-corrected chi connectivity index (χ4v) is 2.72. The molecule has 0 bridgehead atoms. The van der Waals surface area contributed by atoms with E-state index in [1.165, 1.54) is 7.11 Å². The Morgan fingerprint density at radius 1 is 1.24 bits per heavy atom. The minimum Gasteiger partial charge on any atom is -0.469 e. The number of benzene rings is 1. The number of thiophene rings is 1. The standard InChI is InChI=1S/C13H11BrO2S/c1-16-13(15)8-11-6-7-12(17-11)9-2-4-10(14)5-3-9/h2-7H,8H2,1H3. The quantitative estimate of drug-likeness (QED) is 0.804. The Balaban J connectivity index is 2.18. The van der Waals surface area contributed by atoms with Gasteiger partial charge in [-0.1, -0.05) is 28.1 Å². The second-order valence-corrected chi connectivity index (χ2v) is 5.61. The van der Waals surface area contributed by atoms with Crippen molar-refractivity contribution in [3.8, 4) is 10.4 Å². The second kappa shape index (κ2) is 5.47. The molecule has 1 aromatic heterocycles. The van der Waals surface area contributed by atoms with Crippen molar-refractivity contribution in [2.24, 2.45) is 0 Å². The summed E-state index contributed by atoms with van der Waals surface area (Å²) in [5.74, 6) is -0.200. The highest BCUT2D eigenvalue weighted by molar-refractivity contribution is 9.10. The van der Waals surface area contributed by atoms with E-state index in [2.05, 4.69) is 32.8 Å². The minimum atomic E-state index is -0.200. The molecule has 0 atom stereocenters. The van der Waals surface area contributed by atoms with E-state index >= 15 is 0 Å². The van der Waals surface area contributed by atoms with Gasteiger partial charge in [-0.15, -0.1) is 11.3 Å². The first kappa shape index (κ1) is 12.3. The van der Waals surface area contributed by atoms with Crippen LogP contribution in [0.15, 0.2) is 40.9 Å². The molecule has 1 heterocycles. The Kier molecular flexibility index (Phi) is 3.97. The third kappa shape index (κ3) is 3.17. The summed E-state index contributed by atoms with van der Waals surface area (Å²) < 4.78 is 5.71. The first-order valence-corrected chi connectivity index (χ1v) is 6.71. The van der Waals surface area contributed by atoms with Crippen molar-refractivity contribution >= 4 is 33.2 Å². The SMILES string of the molecule is COC(=O)Cc1ccc(-c2ccc(Br)cc2)s1. The van der Waals surface area contributed by atoms with Crippen molar-refractivity contribution in [2.45, 2.75) is 6.42 Å². The number of esters is 1. The van der Waals surface area contributed by atoms with Crippen LogP contribution in [0.4, 0.5) is 0 Å². The number of methoxy groups -OCH3 is 1. The van der Waals surface area contributed by atoms with Crippen LogP contribution in [-0.2, 0) is 16.0 Å². The van der Waals surface area contributed by atoms with Gasteiger partial charge in [0.1, 0.15) is 0 Å². The molecule has 0 saturated heterocycles. The maximum atomic E-state index is 11.1. The molecule has 0 aliphatic heterocycles. The fourth-order valence-electron chi connectivity index (χ4n) is 1.46. The molecule has 0 aliphatic rings. The maximum Gasteiger partial charge on any atom is 0.310 e. The Labute approximate surface area is 112 Å². The van der Waals surface area contributed by atoms with Gasteiger partial charge in [-0.3, -0.25) is 4.79 Å². The van der Waals surface area contributed by atoms with Crippen LogP contribution in [0, 0.1) is 0 Å². The van der Waals surface area contributed by atoms with Crippen LogP contribution in [0.3, 0.4) is 0 Å². The maximum absolute atomic E-state index is 11.1. The Hall–Kier alpha value is -1.13. The summed E-state index contributed by atoms with van der Waals surface area (Å²) in [5, 5.41) is 0. The molecule has 4 heteroatoms. The number of hydrogen-bond acceptors (Lipinski definition) is 3. The van der Waals surface area contributed by atoms with Crippen molar-refractivity contribution in [3.05, 3.63) is 45.7 Å². The monoisotopic (exact) mass is 310 g/mol. The smallest absolute Gasteiger partial charge is 0.310 e. The van der Waals surface area contributed by atoms with Crippen LogP contribution in [0.5, 0.6) is 0 Å². The van der Waals surface area contributed by atoms with E-state index in [0.717, 1.165) is 19.8 Å². The first-order chi connectivity index (χ1) is 8.19. The molecule has 0 aliphatic carbocycles. The predicted octanol–water partition coefficient (Wildman–Crippen LogP) is 3.89. The minimum absolute atomic E-state index is 0.200. The highest BCUT2D eigenvalue weighted by atomic mass is 79.9. The van der Waals surface area contributed by atoms with Crippen LogP contribution in [0.1, 0.15) is 4.88 Å². The topological polar surface area (TPSA) is 26.3 Å². The summed E-state index contributed by atoms with van der Waals surface area (Å²) in [4.78, 5) is 13.3. The molecule has 0 fully saturated rings. The van der Waals surface area contributed by atoms with E-state index < -0.39 is 0 Å².